The number of aromatic nitrogens is 6. The Kier molecular flexibility index (Phi) is 4.73. The summed E-state index contributed by atoms with van der Waals surface area (Å²) in [5.74, 6) is 0.468. The van der Waals surface area contributed by atoms with Gasteiger partial charge in [0, 0.05) is 30.9 Å². The molecule has 9 nitrogen and oxygen atoms in total. The van der Waals surface area contributed by atoms with Gasteiger partial charge in [-0.05, 0) is 18.6 Å². The van der Waals surface area contributed by atoms with Crippen molar-refractivity contribution >= 4 is 33.3 Å². The van der Waals surface area contributed by atoms with Crippen molar-refractivity contribution in [2.45, 2.75) is 33.1 Å². The van der Waals surface area contributed by atoms with Crippen LogP contribution in [-0.2, 0) is 12.5 Å². The first kappa shape index (κ1) is 19.9. The molecule has 1 N–H and O–H groups in total. The van der Waals surface area contributed by atoms with Gasteiger partial charge >= 0.3 is 0 Å². The number of carbonyl (C=O) groups excluding carboxylic acids is 1. The van der Waals surface area contributed by atoms with E-state index in [0.29, 0.717) is 32.4 Å². The zero-order chi connectivity index (χ0) is 21.6. The normalized spacial score (nSPS) is 11.8. The van der Waals surface area contributed by atoms with E-state index in [1.807, 2.05) is 26.8 Å². The summed E-state index contributed by atoms with van der Waals surface area (Å²) in [7, 11) is 1.64. The average molecular weight is 424 g/mol. The highest BCUT2D eigenvalue weighted by atomic mass is 32.1. The minimum atomic E-state index is -0.338. The van der Waals surface area contributed by atoms with E-state index >= 15 is 0 Å². The lowest BCUT2D eigenvalue weighted by Crippen LogP contribution is -2.18. The molecule has 154 valence electrons. The standard InChI is InChI=1S/C20H21N7O2S/c1-11-14-17(23-10-26(5)18(14)29)30-15(11)16(28)24-13-9-12(20(2,3)4)25-27(13)19-21-7-6-8-22-19/h6-10H,1-5H3,(H,24,28). The number of hydrogen-bond donors (Lipinski definition) is 1. The molecule has 0 radical (unpaired) electrons. The number of nitrogens with one attached hydrogen (secondary N) is 1. The summed E-state index contributed by atoms with van der Waals surface area (Å²) in [6.07, 6.45) is 4.69. The van der Waals surface area contributed by atoms with E-state index in [0.717, 1.165) is 5.69 Å². The van der Waals surface area contributed by atoms with Crippen LogP contribution in [0, 0.1) is 6.92 Å². The number of thiophene rings is 1. The van der Waals surface area contributed by atoms with Crippen molar-refractivity contribution in [3.8, 4) is 5.95 Å². The molecule has 0 spiro atoms. The Balaban J connectivity index is 1.78. The number of anilines is 1. The van der Waals surface area contributed by atoms with Crippen LogP contribution >= 0.6 is 11.3 Å². The molecular weight excluding hydrogens is 402 g/mol. The smallest absolute Gasteiger partial charge is 0.267 e. The monoisotopic (exact) mass is 423 g/mol. The maximum atomic E-state index is 13.1. The Hall–Kier alpha value is -3.40. The molecule has 0 fully saturated rings. The molecule has 0 saturated heterocycles. The predicted molar refractivity (Wildman–Crippen MR) is 115 cm³/mol. The SMILES string of the molecule is Cc1c(C(=O)Nc2cc(C(C)(C)C)nn2-c2ncccn2)sc2ncn(C)c(=O)c12. The topological polar surface area (TPSA) is 108 Å². The number of carbonyl (C=O) groups is 1. The molecule has 4 aromatic rings. The fourth-order valence-electron chi connectivity index (χ4n) is 2.99. The number of rotatable bonds is 3. The summed E-state index contributed by atoms with van der Waals surface area (Å²) >= 11 is 1.19. The van der Waals surface area contributed by atoms with Crippen molar-refractivity contribution < 1.29 is 4.79 Å². The van der Waals surface area contributed by atoms with Crippen LogP contribution in [0.3, 0.4) is 0 Å². The molecule has 0 unspecified atom stereocenters. The number of nitrogens with zero attached hydrogens (tertiary/aromatic N) is 6. The van der Waals surface area contributed by atoms with E-state index in [4.69, 9.17) is 0 Å². The molecule has 0 bridgehead atoms. The third-order valence-corrected chi connectivity index (χ3v) is 5.88. The van der Waals surface area contributed by atoms with Gasteiger partial charge in [-0.15, -0.1) is 11.3 Å². The minimum absolute atomic E-state index is 0.175. The van der Waals surface area contributed by atoms with Crippen LogP contribution in [0.5, 0.6) is 0 Å². The molecule has 0 aromatic carbocycles. The van der Waals surface area contributed by atoms with Gasteiger partial charge in [-0.3, -0.25) is 9.59 Å². The number of aryl methyl sites for hydroxylation is 2. The maximum absolute atomic E-state index is 13.1. The number of hydrogen-bond acceptors (Lipinski definition) is 7. The van der Waals surface area contributed by atoms with Crippen molar-refractivity contribution in [1.29, 1.82) is 0 Å². The molecule has 4 heterocycles. The zero-order valence-electron chi connectivity index (χ0n) is 17.3. The second-order valence-corrected chi connectivity index (χ2v) is 8.98. The molecule has 30 heavy (non-hydrogen) atoms. The molecule has 1 amide bonds. The van der Waals surface area contributed by atoms with Crippen LogP contribution in [0.1, 0.15) is 41.7 Å². The fraction of sp³-hybridized carbons (Fsp3) is 0.300. The fourth-order valence-corrected chi connectivity index (χ4v) is 4.02. The van der Waals surface area contributed by atoms with Gasteiger partial charge in [0.05, 0.1) is 22.3 Å². The molecule has 0 aliphatic rings. The number of fused-ring (bicyclic) bond motifs is 1. The molecular formula is C20H21N7O2S. The van der Waals surface area contributed by atoms with E-state index in [9.17, 15) is 9.59 Å². The summed E-state index contributed by atoms with van der Waals surface area (Å²) in [6, 6.07) is 3.53. The van der Waals surface area contributed by atoms with E-state index in [-0.39, 0.29) is 16.9 Å². The Morgan fingerprint density at radius 1 is 1.17 bits per heavy atom. The lowest BCUT2D eigenvalue weighted by Gasteiger charge is -2.13. The van der Waals surface area contributed by atoms with Crippen LogP contribution in [0.25, 0.3) is 16.2 Å². The van der Waals surface area contributed by atoms with Crippen molar-refractivity contribution in [3.63, 3.8) is 0 Å². The lowest BCUT2D eigenvalue weighted by molar-refractivity contribution is 0.102. The first-order valence-electron chi connectivity index (χ1n) is 9.31. The highest BCUT2D eigenvalue weighted by Gasteiger charge is 2.24. The summed E-state index contributed by atoms with van der Waals surface area (Å²) < 4.78 is 2.92. The van der Waals surface area contributed by atoms with E-state index in [1.54, 1.807) is 32.4 Å². The average Bonchev–Trinajstić information content (AvgIpc) is 3.27. The van der Waals surface area contributed by atoms with Gasteiger partial charge in [0.2, 0.25) is 0 Å². The Bertz CT molecular complexity index is 1310. The van der Waals surface area contributed by atoms with Gasteiger partial charge in [0.15, 0.2) is 0 Å². The summed E-state index contributed by atoms with van der Waals surface area (Å²) in [5, 5.41) is 7.98. The van der Waals surface area contributed by atoms with E-state index in [1.165, 1.54) is 26.9 Å². The maximum Gasteiger partial charge on any atom is 0.267 e. The first-order valence-corrected chi connectivity index (χ1v) is 10.1. The van der Waals surface area contributed by atoms with Crippen LogP contribution in [-0.4, -0.2) is 35.2 Å². The molecule has 0 saturated carbocycles. The van der Waals surface area contributed by atoms with Crippen LogP contribution < -0.4 is 10.9 Å². The van der Waals surface area contributed by atoms with E-state index in [2.05, 4.69) is 25.4 Å². The molecule has 10 heteroatoms. The molecule has 4 rings (SSSR count). The van der Waals surface area contributed by atoms with Crippen molar-refractivity contribution in [2.24, 2.45) is 7.05 Å². The summed E-state index contributed by atoms with van der Waals surface area (Å²) in [4.78, 5) is 39.3. The van der Waals surface area contributed by atoms with Crippen molar-refractivity contribution in [2.75, 3.05) is 5.32 Å². The van der Waals surface area contributed by atoms with Crippen LogP contribution in [0.4, 0.5) is 5.82 Å². The summed E-state index contributed by atoms with van der Waals surface area (Å²) in [6.45, 7) is 7.87. The summed E-state index contributed by atoms with van der Waals surface area (Å²) in [5.41, 5.74) is 0.988. The minimum Gasteiger partial charge on any atom is -0.306 e. The highest BCUT2D eigenvalue weighted by Crippen LogP contribution is 2.29. The Morgan fingerprint density at radius 3 is 2.53 bits per heavy atom. The van der Waals surface area contributed by atoms with Gasteiger partial charge in [-0.1, -0.05) is 20.8 Å². The van der Waals surface area contributed by atoms with Gasteiger partial charge in [-0.25, -0.2) is 15.0 Å². The molecule has 0 atom stereocenters. The quantitative estimate of drug-likeness (QED) is 0.543. The molecule has 0 aliphatic heterocycles. The highest BCUT2D eigenvalue weighted by molar-refractivity contribution is 7.20. The molecule has 4 aromatic heterocycles. The van der Waals surface area contributed by atoms with Crippen LogP contribution in [0.2, 0.25) is 0 Å². The van der Waals surface area contributed by atoms with Gasteiger partial charge < -0.3 is 9.88 Å². The predicted octanol–water partition coefficient (Wildman–Crippen LogP) is 2.83. The third-order valence-electron chi connectivity index (χ3n) is 4.68. The third kappa shape index (κ3) is 3.39. The van der Waals surface area contributed by atoms with Crippen molar-refractivity contribution in [3.05, 3.63) is 57.3 Å². The van der Waals surface area contributed by atoms with E-state index < -0.39 is 0 Å². The second kappa shape index (κ2) is 7.13. The van der Waals surface area contributed by atoms with Gasteiger partial charge in [-0.2, -0.15) is 9.78 Å². The lowest BCUT2D eigenvalue weighted by atomic mass is 9.92. The Morgan fingerprint density at radius 2 is 1.87 bits per heavy atom. The van der Waals surface area contributed by atoms with Crippen molar-refractivity contribution in [1.82, 2.24) is 29.3 Å². The van der Waals surface area contributed by atoms with Gasteiger partial charge in [0.25, 0.3) is 17.4 Å². The molecule has 0 aliphatic carbocycles. The van der Waals surface area contributed by atoms with Gasteiger partial charge in [0.1, 0.15) is 10.6 Å². The largest absolute Gasteiger partial charge is 0.306 e. The zero-order valence-corrected chi connectivity index (χ0v) is 18.1. The second-order valence-electron chi connectivity index (χ2n) is 7.98. The Labute approximate surface area is 176 Å². The first-order chi connectivity index (χ1) is 14.2. The van der Waals surface area contributed by atoms with Crippen LogP contribution in [0.15, 0.2) is 35.6 Å². The number of amides is 1.